The molecule has 146 valence electrons. The first-order valence-electron chi connectivity index (χ1n) is 8.54. The molecule has 2 amide bonds. The number of rotatable bonds is 4. The number of hydrogen-bond donors (Lipinski definition) is 0. The van der Waals surface area contributed by atoms with Gasteiger partial charge in [0, 0.05) is 23.0 Å². The van der Waals surface area contributed by atoms with Crippen LogP contribution in [0, 0.1) is 12.4 Å². The molecule has 0 unspecified atom stereocenters. The number of amides is 2. The highest BCUT2D eigenvalue weighted by atomic mass is 19.3. The average molecular weight is 398 g/mol. The van der Waals surface area contributed by atoms with Crippen LogP contribution >= 0.6 is 0 Å². The Morgan fingerprint density at radius 1 is 1.17 bits per heavy atom. The van der Waals surface area contributed by atoms with Crippen molar-refractivity contribution in [2.24, 2.45) is 0 Å². The maximum Gasteiger partial charge on any atom is 0.387 e. The monoisotopic (exact) mass is 398 g/mol. The molecule has 4 rings (SSSR count). The lowest BCUT2D eigenvalue weighted by atomic mass is 10.1. The summed E-state index contributed by atoms with van der Waals surface area (Å²) in [4.78, 5) is 23.0. The van der Waals surface area contributed by atoms with Crippen LogP contribution < -0.4 is 14.5 Å². The SMILES string of the molecule is [C-]#[N+][C@@H]1CN(c2cc(OC(F)F)ccc2F)C(=O)N1c1cncc2ccccc12. The van der Waals surface area contributed by atoms with Gasteiger partial charge in [0.05, 0.1) is 17.6 Å². The van der Waals surface area contributed by atoms with Crippen molar-refractivity contribution in [2.45, 2.75) is 12.8 Å². The maximum atomic E-state index is 14.4. The zero-order chi connectivity index (χ0) is 20.5. The molecule has 0 aliphatic carbocycles. The van der Waals surface area contributed by atoms with Gasteiger partial charge < -0.3 is 4.74 Å². The van der Waals surface area contributed by atoms with Gasteiger partial charge in [0.15, 0.2) is 0 Å². The molecule has 9 heteroatoms. The molecular weight excluding hydrogens is 385 g/mol. The molecule has 1 aliphatic heterocycles. The minimum atomic E-state index is -3.09. The van der Waals surface area contributed by atoms with Crippen LogP contribution in [-0.2, 0) is 0 Å². The smallest absolute Gasteiger partial charge is 0.387 e. The largest absolute Gasteiger partial charge is 0.435 e. The van der Waals surface area contributed by atoms with Gasteiger partial charge in [-0.1, -0.05) is 24.3 Å². The molecule has 0 radical (unpaired) electrons. The van der Waals surface area contributed by atoms with Crippen LogP contribution in [0.15, 0.2) is 54.9 Å². The second-order valence-corrected chi connectivity index (χ2v) is 6.24. The highest BCUT2D eigenvalue weighted by molar-refractivity contribution is 6.11. The Kier molecular flexibility index (Phi) is 4.68. The summed E-state index contributed by atoms with van der Waals surface area (Å²) in [5, 5.41) is 1.49. The van der Waals surface area contributed by atoms with Crippen LogP contribution in [0.3, 0.4) is 0 Å². The lowest BCUT2D eigenvalue weighted by Gasteiger charge is -2.19. The highest BCUT2D eigenvalue weighted by Gasteiger charge is 2.45. The third-order valence-electron chi connectivity index (χ3n) is 4.57. The number of alkyl halides is 2. The van der Waals surface area contributed by atoms with Crippen LogP contribution in [0.25, 0.3) is 15.6 Å². The van der Waals surface area contributed by atoms with Gasteiger partial charge in [-0.15, -0.1) is 0 Å². The van der Waals surface area contributed by atoms with E-state index in [1.807, 2.05) is 12.1 Å². The van der Waals surface area contributed by atoms with E-state index >= 15 is 0 Å². The van der Waals surface area contributed by atoms with E-state index in [0.29, 0.717) is 11.1 Å². The van der Waals surface area contributed by atoms with Crippen molar-refractivity contribution in [1.29, 1.82) is 0 Å². The van der Waals surface area contributed by atoms with Gasteiger partial charge in [-0.05, 0) is 12.1 Å². The van der Waals surface area contributed by atoms with Gasteiger partial charge in [0.25, 0.3) is 0 Å². The molecule has 2 aromatic carbocycles. The summed E-state index contributed by atoms with van der Waals surface area (Å²) in [5.41, 5.74) is 0.175. The van der Waals surface area contributed by atoms with Crippen molar-refractivity contribution in [3.8, 4) is 5.75 Å². The molecule has 1 aliphatic rings. The lowest BCUT2D eigenvalue weighted by molar-refractivity contribution is -0.0498. The second kappa shape index (κ2) is 7.31. The normalized spacial score (nSPS) is 16.5. The molecule has 0 bridgehead atoms. The first kappa shape index (κ1) is 18.6. The van der Waals surface area contributed by atoms with Gasteiger partial charge in [0.2, 0.25) is 0 Å². The summed E-state index contributed by atoms with van der Waals surface area (Å²) in [6.45, 7) is 4.26. The van der Waals surface area contributed by atoms with Gasteiger partial charge in [-0.25, -0.2) is 20.7 Å². The number of carbonyl (C=O) groups excluding carboxylic acids is 1. The number of benzene rings is 2. The minimum absolute atomic E-state index is 0.138. The van der Waals surface area contributed by atoms with Gasteiger partial charge >= 0.3 is 18.8 Å². The number of nitrogens with zero attached hydrogens (tertiary/aromatic N) is 4. The molecule has 3 aromatic rings. The summed E-state index contributed by atoms with van der Waals surface area (Å²) in [5.74, 6) is -1.07. The number of pyridine rings is 1. The number of hydrogen-bond acceptors (Lipinski definition) is 3. The standard InChI is InChI=1S/C20H13F3N4O2/c1-24-18-11-26(16-8-13(29-19(22)23)6-7-15(16)21)20(28)27(18)17-10-25-9-12-4-2-3-5-14(12)17/h2-10,18-19H,11H2/t18-/m0/s1. The number of halogens is 3. The van der Waals surface area contributed by atoms with Crippen LogP contribution in [-0.4, -0.2) is 30.3 Å². The maximum absolute atomic E-state index is 14.4. The van der Waals surface area contributed by atoms with E-state index in [9.17, 15) is 18.0 Å². The first-order valence-corrected chi connectivity index (χ1v) is 8.54. The molecule has 29 heavy (non-hydrogen) atoms. The van der Waals surface area contributed by atoms with Crippen molar-refractivity contribution in [2.75, 3.05) is 16.3 Å². The molecular formula is C20H13F3N4O2. The number of fused-ring (bicyclic) bond motifs is 1. The lowest BCUT2D eigenvalue weighted by Crippen LogP contribution is -2.34. The van der Waals surface area contributed by atoms with Crippen LogP contribution in [0.1, 0.15) is 0 Å². The van der Waals surface area contributed by atoms with Crippen molar-refractivity contribution in [3.63, 3.8) is 0 Å². The summed E-state index contributed by atoms with van der Waals surface area (Å²) >= 11 is 0. The fourth-order valence-electron chi connectivity index (χ4n) is 3.31. The van der Waals surface area contributed by atoms with Crippen molar-refractivity contribution < 1.29 is 22.7 Å². The van der Waals surface area contributed by atoms with E-state index in [1.54, 1.807) is 18.3 Å². The van der Waals surface area contributed by atoms with Crippen molar-refractivity contribution in [3.05, 3.63) is 72.1 Å². The van der Waals surface area contributed by atoms with E-state index in [2.05, 4.69) is 14.6 Å². The van der Waals surface area contributed by atoms with E-state index in [1.165, 1.54) is 11.1 Å². The summed E-state index contributed by atoms with van der Waals surface area (Å²) in [7, 11) is 0. The second-order valence-electron chi connectivity index (χ2n) is 6.24. The molecule has 1 saturated heterocycles. The molecule has 0 saturated carbocycles. The minimum Gasteiger partial charge on any atom is -0.435 e. The third-order valence-corrected chi connectivity index (χ3v) is 4.57. The van der Waals surface area contributed by atoms with Crippen molar-refractivity contribution in [1.82, 2.24) is 4.98 Å². The summed E-state index contributed by atoms with van der Waals surface area (Å²) < 4.78 is 43.7. The summed E-state index contributed by atoms with van der Waals surface area (Å²) in [6, 6.07) is 9.58. The van der Waals surface area contributed by atoms with Gasteiger partial charge in [0.1, 0.15) is 18.1 Å². The average Bonchev–Trinajstić information content (AvgIpc) is 3.04. The van der Waals surface area contributed by atoms with Gasteiger partial charge in [-0.3, -0.25) is 14.7 Å². The number of urea groups is 1. The fraction of sp³-hybridized carbons (Fsp3) is 0.150. The first-order chi connectivity index (χ1) is 14.0. The highest BCUT2D eigenvalue weighted by Crippen LogP contribution is 2.35. The molecule has 6 nitrogen and oxygen atoms in total. The zero-order valence-corrected chi connectivity index (χ0v) is 14.8. The van der Waals surface area contributed by atoms with E-state index in [4.69, 9.17) is 6.57 Å². The Balaban J connectivity index is 1.77. The Bertz CT molecular complexity index is 1130. The third kappa shape index (κ3) is 3.29. The number of anilines is 2. The number of ether oxygens (including phenoxy) is 1. The van der Waals surface area contributed by atoms with Crippen LogP contribution in [0.2, 0.25) is 0 Å². The molecule has 1 aromatic heterocycles. The predicted octanol–water partition coefficient (Wildman–Crippen LogP) is 4.67. The molecule has 2 heterocycles. The zero-order valence-electron chi connectivity index (χ0n) is 14.8. The quantitative estimate of drug-likeness (QED) is 0.601. The Hall–Kier alpha value is -3.80. The van der Waals surface area contributed by atoms with E-state index in [-0.39, 0.29) is 18.0 Å². The molecule has 1 fully saturated rings. The van der Waals surface area contributed by atoms with E-state index < -0.39 is 24.6 Å². The fourth-order valence-corrected chi connectivity index (χ4v) is 3.31. The molecule has 0 N–H and O–H groups in total. The van der Waals surface area contributed by atoms with E-state index in [0.717, 1.165) is 28.5 Å². The number of carbonyl (C=O) groups is 1. The van der Waals surface area contributed by atoms with Crippen LogP contribution in [0.4, 0.5) is 29.3 Å². The Morgan fingerprint density at radius 3 is 2.72 bits per heavy atom. The topological polar surface area (TPSA) is 50.0 Å². The molecule has 0 spiro atoms. The Labute approximate surface area is 163 Å². The van der Waals surface area contributed by atoms with Crippen molar-refractivity contribution >= 4 is 28.2 Å². The van der Waals surface area contributed by atoms with Gasteiger partial charge in [-0.2, -0.15) is 8.78 Å². The Morgan fingerprint density at radius 2 is 1.97 bits per heavy atom. The molecule has 1 atom stereocenters. The van der Waals surface area contributed by atoms with Crippen LogP contribution in [0.5, 0.6) is 5.75 Å². The predicted molar refractivity (Wildman–Crippen MR) is 100 cm³/mol. The number of aromatic nitrogens is 1. The summed E-state index contributed by atoms with van der Waals surface area (Å²) in [6.07, 6.45) is 2.16.